The number of nitrogen functional groups attached to an aromatic ring is 1. The Balaban J connectivity index is 0.000000121. The van der Waals surface area contributed by atoms with E-state index < -0.39 is 0 Å². The summed E-state index contributed by atoms with van der Waals surface area (Å²) in [6, 6.07) is 1.71. The van der Waals surface area contributed by atoms with Gasteiger partial charge in [0.25, 0.3) is 0 Å². The van der Waals surface area contributed by atoms with Crippen LogP contribution in [0.4, 0.5) is 5.82 Å². The summed E-state index contributed by atoms with van der Waals surface area (Å²) in [5.74, 6) is 0.958. The Morgan fingerprint density at radius 2 is 1.90 bits per heavy atom. The van der Waals surface area contributed by atoms with Gasteiger partial charge in [0, 0.05) is 0 Å². The quantitative estimate of drug-likeness (QED) is 0.438. The van der Waals surface area contributed by atoms with Crippen LogP contribution in [0.25, 0.3) is 22.7 Å². The summed E-state index contributed by atoms with van der Waals surface area (Å²) in [7, 11) is 0. The minimum atomic E-state index is 0.433. The van der Waals surface area contributed by atoms with E-state index in [0.29, 0.717) is 28.5 Å². The van der Waals surface area contributed by atoms with E-state index in [2.05, 4.69) is 45.3 Å². The van der Waals surface area contributed by atoms with E-state index in [1.54, 1.807) is 6.07 Å². The van der Waals surface area contributed by atoms with E-state index in [-0.39, 0.29) is 0 Å². The highest BCUT2D eigenvalue weighted by Crippen LogP contribution is 2.09. The summed E-state index contributed by atoms with van der Waals surface area (Å²) in [5.41, 5.74) is 7.49. The second kappa shape index (κ2) is 5.14. The van der Waals surface area contributed by atoms with Gasteiger partial charge in [0.2, 0.25) is 5.82 Å². The van der Waals surface area contributed by atoms with Crippen molar-refractivity contribution in [2.24, 2.45) is 0 Å². The smallest absolute Gasteiger partial charge is 0.203 e. The molecule has 0 aliphatic carbocycles. The van der Waals surface area contributed by atoms with Crippen LogP contribution in [0.15, 0.2) is 31.2 Å². The largest absolute Gasteiger partial charge is 0.382 e. The summed E-state index contributed by atoms with van der Waals surface area (Å²) in [4.78, 5) is 22.1. The zero-order valence-electron chi connectivity index (χ0n) is 10.0. The highest BCUT2D eigenvalue weighted by molar-refractivity contribution is 5.80. The Bertz CT molecular complexity index is 769. The second-order valence-electron chi connectivity index (χ2n) is 3.56. The molecule has 0 unspecified atom stereocenters. The van der Waals surface area contributed by atoms with Gasteiger partial charge in [-0.05, 0) is 11.3 Å². The fourth-order valence-electron chi connectivity index (χ4n) is 1.45. The minimum Gasteiger partial charge on any atom is -0.382 e. The van der Waals surface area contributed by atoms with E-state index in [1.165, 1.54) is 25.2 Å². The first-order valence-corrected chi connectivity index (χ1v) is 5.49. The third-order valence-corrected chi connectivity index (χ3v) is 2.35. The standard InChI is InChI=1S/C5H5N5.C5H3N5/c6-4-3-5(9-1-7-3)10-2-8-4;1-2-8-10-9-5-4(1)6-3-7-5/h1-2H,(H3,6,7,8,9,10);1-3H. The van der Waals surface area contributed by atoms with Crippen molar-refractivity contribution < 1.29 is 0 Å². The van der Waals surface area contributed by atoms with Crippen LogP contribution in [-0.4, -0.2) is 45.3 Å². The number of nitrogens with one attached hydrogen (secondary N) is 1. The molecular weight excluding hydrogens is 260 g/mol. The van der Waals surface area contributed by atoms with Gasteiger partial charge in [-0.2, -0.15) is 0 Å². The minimum absolute atomic E-state index is 0.433. The van der Waals surface area contributed by atoms with Gasteiger partial charge in [-0.3, -0.25) is 0 Å². The van der Waals surface area contributed by atoms with Gasteiger partial charge in [-0.1, -0.05) is 0 Å². The van der Waals surface area contributed by atoms with Crippen molar-refractivity contribution in [2.75, 3.05) is 5.73 Å². The molecule has 0 spiro atoms. The van der Waals surface area contributed by atoms with Crippen LogP contribution >= 0.6 is 0 Å². The summed E-state index contributed by atoms with van der Waals surface area (Å²) >= 11 is 0. The molecule has 2 aromatic rings. The van der Waals surface area contributed by atoms with Crippen molar-refractivity contribution in [3.8, 4) is 11.5 Å². The van der Waals surface area contributed by atoms with Crippen LogP contribution in [0.5, 0.6) is 0 Å². The first-order valence-electron chi connectivity index (χ1n) is 5.49. The molecule has 0 aromatic carbocycles. The van der Waals surface area contributed by atoms with Crippen molar-refractivity contribution in [3.05, 3.63) is 31.2 Å². The number of nitrogens with zero attached hydrogens (tertiary/aromatic N) is 8. The monoisotopic (exact) mass is 268 g/mol. The predicted molar refractivity (Wildman–Crippen MR) is 68.1 cm³/mol. The van der Waals surface area contributed by atoms with Gasteiger partial charge in [0.05, 0.1) is 12.5 Å². The second-order valence-corrected chi connectivity index (χ2v) is 3.56. The number of fused-ring (bicyclic) bond motifs is 2. The molecule has 2 aliphatic rings. The van der Waals surface area contributed by atoms with E-state index in [4.69, 9.17) is 5.73 Å². The van der Waals surface area contributed by atoms with Crippen molar-refractivity contribution in [1.29, 1.82) is 0 Å². The lowest BCUT2D eigenvalue weighted by Crippen LogP contribution is -1.91. The molecule has 2 aromatic heterocycles. The number of H-pyrrole nitrogens is 1. The van der Waals surface area contributed by atoms with Gasteiger partial charge in [0.1, 0.15) is 23.9 Å². The highest BCUT2D eigenvalue weighted by Gasteiger charge is 2.02. The fourth-order valence-corrected chi connectivity index (χ4v) is 1.45. The molecule has 10 heteroatoms. The van der Waals surface area contributed by atoms with Crippen LogP contribution < -0.4 is 5.73 Å². The topological polar surface area (TPSA) is 145 Å². The Morgan fingerprint density at radius 3 is 2.80 bits per heavy atom. The van der Waals surface area contributed by atoms with Gasteiger partial charge >= 0.3 is 0 Å². The molecule has 4 heterocycles. The van der Waals surface area contributed by atoms with Crippen LogP contribution in [0, 0.1) is 0 Å². The highest BCUT2D eigenvalue weighted by atomic mass is 15.3. The molecule has 0 bridgehead atoms. The number of nitrogens with two attached hydrogens (primary N) is 1. The van der Waals surface area contributed by atoms with Crippen LogP contribution in [0.2, 0.25) is 0 Å². The molecule has 2 aliphatic heterocycles. The molecule has 20 heavy (non-hydrogen) atoms. The van der Waals surface area contributed by atoms with Gasteiger partial charge < -0.3 is 10.7 Å². The Labute approximate surface area is 111 Å². The molecule has 10 nitrogen and oxygen atoms in total. The van der Waals surface area contributed by atoms with Crippen molar-refractivity contribution in [3.63, 3.8) is 0 Å². The summed E-state index contributed by atoms with van der Waals surface area (Å²) in [5, 5.41) is 10.7. The number of rotatable bonds is 0. The Hall–Kier alpha value is -3.30. The summed E-state index contributed by atoms with van der Waals surface area (Å²) in [6.07, 6.45) is 5.90. The summed E-state index contributed by atoms with van der Waals surface area (Å²) < 4.78 is 0. The molecule has 0 atom stereocenters. The van der Waals surface area contributed by atoms with Crippen molar-refractivity contribution in [2.45, 2.75) is 0 Å². The Kier molecular flexibility index (Phi) is 3.02. The fraction of sp³-hybridized carbons (Fsp3) is 0. The van der Waals surface area contributed by atoms with Crippen LogP contribution in [0.3, 0.4) is 0 Å². The number of anilines is 1. The molecule has 98 valence electrons. The van der Waals surface area contributed by atoms with Crippen LogP contribution in [-0.2, 0) is 0 Å². The molecular formula is C10H8N10. The predicted octanol–water partition coefficient (Wildman–Crippen LogP) is -0.299. The average molecular weight is 268 g/mol. The molecule has 0 saturated carbocycles. The Morgan fingerprint density at radius 1 is 1.00 bits per heavy atom. The zero-order chi connectivity index (χ0) is 13.8. The number of hydrogen-bond acceptors (Lipinski definition) is 9. The lowest BCUT2D eigenvalue weighted by Gasteiger charge is -1.89. The lowest BCUT2D eigenvalue weighted by atomic mass is 10.4. The molecule has 0 fully saturated rings. The number of imidazole rings is 2. The zero-order valence-corrected chi connectivity index (χ0v) is 10.0. The average Bonchev–Trinajstić information content (AvgIpc) is 3.06. The number of aromatic nitrogens is 9. The normalized spacial score (nSPS) is 10.2. The molecule has 0 amide bonds. The number of aromatic amines is 1. The van der Waals surface area contributed by atoms with Crippen molar-refractivity contribution >= 4 is 17.0 Å². The van der Waals surface area contributed by atoms with Gasteiger partial charge in [-0.25, -0.2) is 24.9 Å². The number of hydrogen-bond donors (Lipinski definition) is 2. The van der Waals surface area contributed by atoms with Gasteiger partial charge in [-0.15, -0.1) is 10.2 Å². The maximum Gasteiger partial charge on any atom is 0.203 e. The van der Waals surface area contributed by atoms with Crippen molar-refractivity contribution in [1.82, 2.24) is 45.3 Å². The lowest BCUT2D eigenvalue weighted by molar-refractivity contribution is 0.886. The van der Waals surface area contributed by atoms with Crippen LogP contribution in [0.1, 0.15) is 0 Å². The van der Waals surface area contributed by atoms with E-state index in [9.17, 15) is 0 Å². The third-order valence-electron chi connectivity index (χ3n) is 2.35. The molecule has 4 rings (SSSR count). The maximum absolute atomic E-state index is 5.48. The van der Waals surface area contributed by atoms with Gasteiger partial charge in [0.15, 0.2) is 11.5 Å². The maximum atomic E-state index is 5.48. The summed E-state index contributed by atoms with van der Waals surface area (Å²) in [6.45, 7) is 0. The SMILES string of the molecule is Nc1ncnc2nc[nH]c12.c1cc2ncnc-2nnn1. The first kappa shape index (κ1) is 11.8. The molecule has 0 saturated heterocycles. The van der Waals surface area contributed by atoms with E-state index in [1.807, 2.05) is 0 Å². The van der Waals surface area contributed by atoms with E-state index >= 15 is 0 Å². The van der Waals surface area contributed by atoms with E-state index in [0.717, 1.165) is 0 Å². The third kappa shape index (κ3) is 2.29. The first-order chi connectivity index (χ1) is 9.84. The molecule has 3 N–H and O–H groups in total. The molecule has 0 radical (unpaired) electrons.